The fraction of sp³-hybridized carbons (Fsp3) is 0.440. The molecular weight excluding hydrogens is 384 g/mol. The Kier molecular flexibility index (Phi) is 5.18. The first kappa shape index (κ1) is 20.1. The van der Waals surface area contributed by atoms with Crippen LogP contribution < -0.4 is 5.32 Å². The molecule has 31 heavy (non-hydrogen) atoms. The van der Waals surface area contributed by atoms with Crippen molar-refractivity contribution in [3.8, 4) is 0 Å². The molecule has 4 heterocycles. The molecule has 6 nitrogen and oxygen atoms in total. The maximum absolute atomic E-state index is 4.53. The van der Waals surface area contributed by atoms with Crippen LogP contribution in [0.15, 0.2) is 42.5 Å². The Morgan fingerprint density at radius 3 is 2.45 bits per heavy atom. The van der Waals surface area contributed by atoms with Gasteiger partial charge in [0.25, 0.3) is 0 Å². The zero-order chi connectivity index (χ0) is 21.5. The molecule has 162 valence electrons. The van der Waals surface area contributed by atoms with Crippen LogP contribution in [0.4, 0.5) is 5.69 Å². The molecule has 1 aliphatic heterocycles. The number of fused-ring (bicyclic) bond motifs is 3. The van der Waals surface area contributed by atoms with Crippen molar-refractivity contribution in [2.45, 2.75) is 59.2 Å². The monoisotopic (exact) mass is 416 g/mol. The Balaban J connectivity index is 1.54. The minimum Gasteiger partial charge on any atom is -0.379 e. The van der Waals surface area contributed by atoms with Crippen molar-refractivity contribution in [1.82, 2.24) is 24.1 Å². The molecule has 0 saturated carbocycles. The highest BCUT2D eigenvalue weighted by atomic mass is 15.3. The van der Waals surface area contributed by atoms with E-state index in [1.165, 1.54) is 22.3 Å². The molecule has 3 aromatic heterocycles. The van der Waals surface area contributed by atoms with E-state index in [9.17, 15) is 0 Å². The van der Waals surface area contributed by atoms with Gasteiger partial charge in [-0.25, -0.2) is 0 Å². The Labute approximate surface area is 183 Å². The summed E-state index contributed by atoms with van der Waals surface area (Å²) >= 11 is 0. The second-order valence-electron chi connectivity index (χ2n) is 9.14. The van der Waals surface area contributed by atoms with Crippen LogP contribution in [0.3, 0.4) is 0 Å². The Bertz CT molecular complexity index is 1200. The van der Waals surface area contributed by atoms with E-state index >= 15 is 0 Å². The number of aryl methyl sites for hydroxylation is 2. The minimum atomic E-state index is 0.465. The maximum Gasteiger partial charge on any atom is 0.184 e. The van der Waals surface area contributed by atoms with Gasteiger partial charge in [-0.2, -0.15) is 0 Å². The molecule has 0 unspecified atom stereocenters. The number of pyridine rings is 1. The first-order valence-corrected chi connectivity index (χ1v) is 11.4. The minimum absolute atomic E-state index is 0.465. The molecule has 1 aliphatic rings. The summed E-state index contributed by atoms with van der Waals surface area (Å²) in [4.78, 5) is 2.56. The number of hydrogen-bond acceptors (Lipinski definition) is 4. The van der Waals surface area contributed by atoms with E-state index in [1.54, 1.807) is 0 Å². The molecule has 1 aromatic carbocycles. The largest absolute Gasteiger partial charge is 0.379 e. The van der Waals surface area contributed by atoms with E-state index in [1.807, 2.05) is 6.92 Å². The fourth-order valence-electron chi connectivity index (χ4n) is 4.90. The standard InChI is InChI=1S/C25H32N6/c1-17(2)29-12-10-21(11-13-29)26-22-15-23-24(31-19(4)27-28-25(22)31)14-18(3)30(23)16-20-8-6-5-7-9-20/h5-9,14-15,17,21,26H,10-13,16H2,1-4H3. The quantitative estimate of drug-likeness (QED) is 0.515. The molecular formula is C25H32N6. The maximum atomic E-state index is 4.53. The number of piperidine rings is 1. The zero-order valence-electron chi connectivity index (χ0n) is 19.0. The first-order valence-electron chi connectivity index (χ1n) is 11.4. The van der Waals surface area contributed by atoms with Crippen LogP contribution >= 0.6 is 0 Å². The van der Waals surface area contributed by atoms with Crippen molar-refractivity contribution in [3.05, 3.63) is 59.5 Å². The van der Waals surface area contributed by atoms with Crippen molar-refractivity contribution >= 4 is 22.4 Å². The normalized spacial score (nSPS) is 16.0. The Morgan fingerprint density at radius 1 is 1.00 bits per heavy atom. The van der Waals surface area contributed by atoms with E-state index in [0.29, 0.717) is 12.1 Å². The van der Waals surface area contributed by atoms with Gasteiger partial charge >= 0.3 is 0 Å². The van der Waals surface area contributed by atoms with Gasteiger partial charge in [0.05, 0.1) is 16.7 Å². The number of benzene rings is 1. The number of rotatable bonds is 5. The van der Waals surface area contributed by atoms with Crippen LogP contribution in [0.5, 0.6) is 0 Å². The molecule has 0 bridgehead atoms. The van der Waals surface area contributed by atoms with E-state index in [0.717, 1.165) is 49.6 Å². The summed E-state index contributed by atoms with van der Waals surface area (Å²) in [6.45, 7) is 11.9. The van der Waals surface area contributed by atoms with Gasteiger partial charge in [-0.3, -0.25) is 4.40 Å². The lowest BCUT2D eigenvalue weighted by atomic mass is 10.0. The van der Waals surface area contributed by atoms with Crippen LogP contribution in [-0.4, -0.2) is 49.2 Å². The van der Waals surface area contributed by atoms with Crippen LogP contribution in [0, 0.1) is 13.8 Å². The number of aromatic nitrogens is 4. The van der Waals surface area contributed by atoms with E-state index in [4.69, 9.17) is 0 Å². The first-order chi connectivity index (χ1) is 15.0. The van der Waals surface area contributed by atoms with Gasteiger partial charge < -0.3 is 14.8 Å². The average Bonchev–Trinajstić information content (AvgIpc) is 3.30. The highest BCUT2D eigenvalue weighted by Crippen LogP contribution is 2.30. The van der Waals surface area contributed by atoms with Crippen molar-refractivity contribution in [2.24, 2.45) is 0 Å². The summed E-state index contributed by atoms with van der Waals surface area (Å²) in [5, 5.41) is 12.8. The van der Waals surface area contributed by atoms with Gasteiger partial charge in [-0.05, 0) is 58.2 Å². The fourth-order valence-corrected chi connectivity index (χ4v) is 4.90. The molecule has 6 heteroatoms. The van der Waals surface area contributed by atoms with Crippen LogP contribution in [0.25, 0.3) is 16.7 Å². The molecule has 5 rings (SSSR count). The van der Waals surface area contributed by atoms with Gasteiger partial charge in [-0.1, -0.05) is 30.3 Å². The molecule has 1 N–H and O–H groups in total. The lowest BCUT2D eigenvalue weighted by Crippen LogP contribution is -2.42. The van der Waals surface area contributed by atoms with Crippen molar-refractivity contribution in [2.75, 3.05) is 18.4 Å². The molecule has 0 radical (unpaired) electrons. The highest BCUT2D eigenvalue weighted by molar-refractivity contribution is 5.88. The zero-order valence-corrected chi connectivity index (χ0v) is 19.0. The Hall–Kier alpha value is -2.86. The second-order valence-corrected chi connectivity index (χ2v) is 9.14. The number of nitrogens with one attached hydrogen (secondary N) is 1. The number of likely N-dealkylation sites (tertiary alicyclic amines) is 1. The molecule has 0 atom stereocenters. The summed E-state index contributed by atoms with van der Waals surface area (Å²) in [7, 11) is 0. The van der Waals surface area contributed by atoms with Gasteiger partial charge in [-0.15, -0.1) is 10.2 Å². The molecule has 1 fully saturated rings. The molecule has 0 spiro atoms. The van der Waals surface area contributed by atoms with E-state index in [2.05, 4.69) is 92.6 Å². The van der Waals surface area contributed by atoms with Gasteiger partial charge in [0, 0.05) is 37.4 Å². The smallest absolute Gasteiger partial charge is 0.184 e. The summed E-state index contributed by atoms with van der Waals surface area (Å²) in [5.41, 5.74) is 6.96. The Morgan fingerprint density at radius 2 is 1.74 bits per heavy atom. The average molecular weight is 417 g/mol. The van der Waals surface area contributed by atoms with Crippen molar-refractivity contribution in [3.63, 3.8) is 0 Å². The third-order valence-electron chi connectivity index (χ3n) is 6.72. The van der Waals surface area contributed by atoms with Crippen molar-refractivity contribution in [1.29, 1.82) is 0 Å². The second kappa shape index (κ2) is 8.00. The number of hydrogen-bond donors (Lipinski definition) is 1. The van der Waals surface area contributed by atoms with Gasteiger partial charge in [0.1, 0.15) is 5.82 Å². The van der Waals surface area contributed by atoms with Gasteiger partial charge in [0.15, 0.2) is 5.65 Å². The summed E-state index contributed by atoms with van der Waals surface area (Å²) in [6, 6.07) is 16.3. The number of anilines is 1. The SMILES string of the molecule is Cc1cc2c(cc(NC3CCN(C(C)C)CC3)c3nnc(C)n32)n1Cc1ccccc1. The molecule has 0 aliphatic carbocycles. The molecule has 1 saturated heterocycles. The lowest BCUT2D eigenvalue weighted by Gasteiger charge is -2.35. The predicted octanol–water partition coefficient (Wildman–Crippen LogP) is 4.63. The summed E-state index contributed by atoms with van der Waals surface area (Å²) < 4.78 is 4.60. The molecule has 4 aromatic rings. The molecule has 0 amide bonds. The number of nitrogens with zero attached hydrogens (tertiary/aromatic N) is 5. The van der Waals surface area contributed by atoms with Crippen LogP contribution in [-0.2, 0) is 6.54 Å². The van der Waals surface area contributed by atoms with Crippen molar-refractivity contribution < 1.29 is 0 Å². The van der Waals surface area contributed by atoms with Gasteiger partial charge in [0.2, 0.25) is 0 Å². The summed E-state index contributed by atoms with van der Waals surface area (Å²) in [5.74, 6) is 0.926. The highest BCUT2D eigenvalue weighted by Gasteiger charge is 2.23. The van der Waals surface area contributed by atoms with Crippen LogP contribution in [0.2, 0.25) is 0 Å². The summed E-state index contributed by atoms with van der Waals surface area (Å²) in [6.07, 6.45) is 2.30. The van der Waals surface area contributed by atoms with E-state index in [-0.39, 0.29) is 0 Å². The topological polar surface area (TPSA) is 50.4 Å². The van der Waals surface area contributed by atoms with E-state index < -0.39 is 0 Å². The lowest BCUT2D eigenvalue weighted by molar-refractivity contribution is 0.177. The third-order valence-corrected chi connectivity index (χ3v) is 6.72. The third kappa shape index (κ3) is 3.69. The predicted molar refractivity (Wildman–Crippen MR) is 127 cm³/mol. The van der Waals surface area contributed by atoms with Crippen LogP contribution in [0.1, 0.15) is 43.8 Å².